The van der Waals surface area contributed by atoms with Crippen molar-refractivity contribution in [2.45, 2.75) is 31.8 Å². The molecule has 0 saturated carbocycles. The van der Waals surface area contributed by atoms with E-state index in [2.05, 4.69) is 6.92 Å². The Bertz CT molecular complexity index is 478. The lowest BCUT2D eigenvalue weighted by Crippen LogP contribution is -2.50. The SMILES string of the molecule is C[C@H]1CO[C@]2(CCCN(C(=O)c3cccn3C)C2)C1. The van der Waals surface area contributed by atoms with Gasteiger partial charge in [-0.05, 0) is 37.3 Å². The van der Waals surface area contributed by atoms with Crippen LogP contribution in [0.25, 0.3) is 0 Å². The summed E-state index contributed by atoms with van der Waals surface area (Å²) in [6.45, 7) is 4.67. The molecule has 0 aliphatic carbocycles. The maximum Gasteiger partial charge on any atom is 0.270 e. The highest BCUT2D eigenvalue weighted by molar-refractivity contribution is 5.92. The van der Waals surface area contributed by atoms with Gasteiger partial charge in [-0.25, -0.2) is 0 Å². The topological polar surface area (TPSA) is 34.5 Å². The molecule has 4 heteroatoms. The van der Waals surface area contributed by atoms with Gasteiger partial charge in [0.15, 0.2) is 0 Å². The summed E-state index contributed by atoms with van der Waals surface area (Å²) in [5, 5.41) is 0. The van der Waals surface area contributed by atoms with Gasteiger partial charge in [0.2, 0.25) is 0 Å². The molecule has 1 aromatic rings. The third-order valence-electron chi connectivity index (χ3n) is 4.38. The number of hydrogen-bond acceptors (Lipinski definition) is 2. The van der Waals surface area contributed by atoms with Gasteiger partial charge in [-0.1, -0.05) is 6.92 Å². The smallest absolute Gasteiger partial charge is 0.270 e. The fourth-order valence-electron chi connectivity index (χ4n) is 3.47. The molecule has 1 amide bonds. The third-order valence-corrected chi connectivity index (χ3v) is 4.38. The van der Waals surface area contributed by atoms with Crippen LogP contribution >= 0.6 is 0 Å². The zero-order chi connectivity index (χ0) is 13.5. The van der Waals surface area contributed by atoms with Crippen LogP contribution in [0.5, 0.6) is 0 Å². The maximum absolute atomic E-state index is 12.6. The van der Waals surface area contributed by atoms with E-state index in [1.165, 1.54) is 0 Å². The first-order valence-corrected chi connectivity index (χ1v) is 7.14. The Labute approximate surface area is 114 Å². The van der Waals surface area contributed by atoms with Gasteiger partial charge in [-0.15, -0.1) is 0 Å². The molecule has 104 valence electrons. The minimum Gasteiger partial charge on any atom is -0.373 e. The van der Waals surface area contributed by atoms with Crippen LogP contribution in [0, 0.1) is 5.92 Å². The first-order valence-electron chi connectivity index (χ1n) is 7.14. The molecule has 3 heterocycles. The van der Waals surface area contributed by atoms with Crippen LogP contribution < -0.4 is 0 Å². The largest absolute Gasteiger partial charge is 0.373 e. The van der Waals surface area contributed by atoms with Gasteiger partial charge in [0.05, 0.1) is 18.8 Å². The van der Waals surface area contributed by atoms with Crippen molar-refractivity contribution < 1.29 is 9.53 Å². The zero-order valence-corrected chi connectivity index (χ0v) is 11.8. The molecule has 2 aliphatic heterocycles. The van der Waals surface area contributed by atoms with Crippen LogP contribution in [0.3, 0.4) is 0 Å². The molecule has 4 nitrogen and oxygen atoms in total. The van der Waals surface area contributed by atoms with E-state index in [9.17, 15) is 4.79 Å². The van der Waals surface area contributed by atoms with Crippen molar-refractivity contribution >= 4 is 5.91 Å². The lowest BCUT2D eigenvalue weighted by molar-refractivity contribution is -0.0451. The van der Waals surface area contributed by atoms with Crippen molar-refractivity contribution in [3.63, 3.8) is 0 Å². The number of aromatic nitrogens is 1. The normalized spacial score (nSPS) is 31.1. The number of piperidine rings is 1. The Hall–Kier alpha value is -1.29. The Morgan fingerprint density at radius 3 is 3.00 bits per heavy atom. The quantitative estimate of drug-likeness (QED) is 0.776. The molecule has 0 radical (unpaired) electrons. The van der Waals surface area contributed by atoms with E-state index in [0.717, 1.165) is 44.7 Å². The number of rotatable bonds is 1. The van der Waals surface area contributed by atoms with E-state index in [-0.39, 0.29) is 11.5 Å². The molecule has 2 saturated heterocycles. The minimum absolute atomic E-state index is 0.0709. The van der Waals surface area contributed by atoms with Gasteiger partial charge < -0.3 is 14.2 Å². The average molecular weight is 262 g/mol. The fraction of sp³-hybridized carbons (Fsp3) is 0.667. The van der Waals surface area contributed by atoms with E-state index < -0.39 is 0 Å². The molecular formula is C15H22N2O2. The summed E-state index contributed by atoms with van der Waals surface area (Å²) in [5.74, 6) is 0.750. The summed E-state index contributed by atoms with van der Waals surface area (Å²) in [6.07, 6.45) is 5.14. The highest BCUT2D eigenvalue weighted by Crippen LogP contribution is 2.37. The molecule has 1 aromatic heterocycles. The number of ether oxygens (including phenoxy) is 1. The molecule has 2 atom stereocenters. The zero-order valence-electron chi connectivity index (χ0n) is 11.8. The number of likely N-dealkylation sites (tertiary alicyclic amines) is 1. The van der Waals surface area contributed by atoms with E-state index >= 15 is 0 Å². The highest BCUT2D eigenvalue weighted by atomic mass is 16.5. The Balaban J connectivity index is 1.75. The summed E-state index contributed by atoms with van der Waals surface area (Å²) in [5.41, 5.74) is 0.696. The van der Waals surface area contributed by atoms with Gasteiger partial charge in [0.25, 0.3) is 5.91 Å². The molecule has 2 aliphatic rings. The summed E-state index contributed by atoms with van der Waals surface area (Å²) in [4.78, 5) is 14.5. The Morgan fingerprint density at radius 1 is 1.53 bits per heavy atom. The second kappa shape index (κ2) is 4.67. The summed E-state index contributed by atoms with van der Waals surface area (Å²) in [7, 11) is 1.92. The van der Waals surface area contributed by atoms with Gasteiger partial charge in [0.1, 0.15) is 5.69 Å². The Kier molecular flexibility index (Phi) is 3.13. The van der Waals surface area contributed by atoms with Crippen LogP contribution in [-0.4, -0.2) is 40.7 Å². The first kappa shape index (κ1) is 12.7. The van der Waals surface area contributed by atoms with Crippen LogP contribution in [0.1, 0.15) is 36.7 Å². The second-order valence-electron chi connectivity index (χ2n) is 6.14. The summed E-state index contributed by atoms with van der Waals surface area (Å²) >= 11 is 0. The van der Waals surface area contributed by atoms with E-state index in [0.29, 0.717) is 5.92 Å². The number of nitrogens with zero attached hydrogens (tertiary/aromatic N) is 2. The predicted octanol–water partition coefficient (Wildman–Crippen LogP) is 2.06. The maximum atomic E-state index is 12.6. The van der Waals surface area contributed by atoms with Crippen molar-refractivity contribution in [2.75, 3.05) is 19.7 Å². The van der Waals surface area contributed by atoms with Crippen LogP contribution in [0.4, 0.5) is 0 Å². The average Bonchev–Trinajstić information content (AvgIpc) is 2.96. The Morgan fingerprint density at radius 2 is 2.37 bits per heavy atom. The van der Waals surface area contributed by atoms with Crippen LogP contribution in [0.15, 0.2) is 18.3 Å². The molecule has 0 N–H and O–H groups in total. The standard InChI is InChI=1S/C15H22N2O2/c1-12-9-15(19-10-12)6-4-8-17(11-15)14(18)13-5-3-7-16(13)2/h3,5,7,12H,4,6,8-11H2,1-2H3/t12-,15-/m1/s1. The molecule has 2 fully saturated rings. The molecule has 3 rings (SSSR count). The summed E-state index contributed by atoms with van der Waals surface area (Å²) < 4.78 is 7.91. The van der Waals surface area contributed by atoms with Gasteiger partial charge in [-0.3, -0.25) is 4.79 Å². The molecule has 0 aromatic carbocycles. The van der Waals surface area contributed by atoms with Crippen LogP contribution in [0.2, 0.25) is 0 Å². The number of aryl methyl sites for hydroxylation is 1. The van der Waals surface area contributed by atoms with Crippen LogP contribution in [-0.2, 0) is 11.8 Å². The van der Waals surface area contributed by atoms with Crippen molar-refractivity contribution in [2.24, 2.45) is 13.0 Å². The number of amides is 1. The lowest BCUT2D eigenvalue weighted by atomic mass is 9.87. The third kappa shape index (κ3) is 2.29. The minimum atomic E-state index is -0.0709. The van der Waals surface area contributed by atoms with Crippen molar-refractivity contribution in [1.29, 1.82) is 0 Å². The monoisotopic (exact) mass is 262 g/mol. The summed E-state index contributed by atoms with van der Waals surface area (Å²) in [6, 6.07) is 3.81. The highest BCUT2D eigenvalue weighted by Gasteiger charge is 2.43. The molecule has 1 spiro atoms. The van der Waals surface area contributed by atoms with Gasteiger partial charge in [0, 0.05) is 19.8 Å². The molecule has 19 heavy (non-hydrogen) atoms. The first-order chi connectivity index (χ1) is 9.10. The molecular weight excluding hydrogens is 240 g/mol. The lowest BCUT2D eigenvalue weighted by Gasteiger charge is -2.39. The number of carbonyl (C=O) groups excluding carboxylic acids is 1. The second-order valence-corrected chi connectivity index (χ2v) is 6.14. The predicted molar refractivity (Wildman–Crippen MR) is 73.0 cm³/mol. The molecule has 0 unspecified atom stereocenters. The van der Waals surface area contributed by atoms with Gasteiger partial charge >= 0.3 is 0 Å². The number of carbonyl (C=O) groups is 1. The van der Waals surface area contributed by atoms with E-state index in [1.54, 1.807) is 0 Å². The van der Waals surface area contributed by atoms with Crippen molar-refractivity contribution in [1.82, 2.24) is 9.47 Å². The molecule has 0 bridgehead atoms. The fourth-order valence-corrected chi connectivity index (χ4v) is 3.47. The van der Waals surface area contributed by atoms with Gasteiger partial charge in [-0.2, -0.15) is 0 Å². The van der Waals surface area contributed by atoms with E-state index in [4.69, 9.17) is 4.74 Å². The number of hydrogen-bond donors (Lipinski definition) is 0. The van der Waals surface area contributed by atoms with Crippen molar-refractivity contribution in [3.05, 3.63) is 24.0 Å². The van der Waals surface area contributed by atoms with Crippen molar-refractivity contribution in [3.8, 4) is 0 Å². The van der Waals surface area contributed by atoms with E-state index in [1.807, 2.05) is 34.8 Å².